The molecule has 2 atom stereocenters. The number of phenols is 1. The van der Waals surface area contributed by atoms with E-state index >= 15 is 0 Å². The molecular weight excluding hydrogens is 264 g/mol. The number of rotatable bonds is 3. The molecule has 0 saturated heterocycles. The summed E-state index contributed by atoms with van der Waals surface area (Å²) in [7, 11) is 0. The molecule has 1 heterocycles. The Kier molecular flexibility index (Phi) is 3.56. The second-order valence-electron chi connectivity index (χ2n) is 5.21. The van der Waals surface area contributed by atoms with Crippen LogP contribution in [0.5, 0.6) is 5.75 Å². The van der Waals surface area contributed by atoms with Crippen molar-refractivity contribution in [2.24, 2.45) is 0 Å². The van der Waals surface area contributed by atoms with Crippen LogP contribution in [0.4, 0.5) is 0 Å². The Morgan fingerprint density at radius 2 is 1.75 bits per heavy atom. The highest BCUT2D eigenvalue weighted by Crippen LogP contribution is 2.35. The minimum absolute atomic E-state index is 0.0201. The van der Waals surface area contributed by atoms with Crippen molar-refractivity contribution in [3.63, 3.8) is 0 Å². The largest absolute Gasteiger partial charge is 0.507 e. The first kappa shape index (κ1) is 14.5. The van der Waals surface area contributed by atoms with Gasteiger partial charge in [0.05, 0.1) is 11.2 Å². The first-order valence-electron chi connectivity index (χ1n) is 6.06. The highest BCUT2D eigenvalue weighted by Gasteiger charge is 2.35. The van der Waals surface area contributed by atoms with Gasteiger partial charge < -0.3 is 24.8 Å². The smallest absolute Gasteiger partial charge is 0.336 e. The lowest BCUT2D eigenvalue weighted by atomic mass is 9.91. The summed E-state index contributed by atoms with van der Waals surface area (Å²) in [6.45, 7) is 2.64. The van der Waals surface area contributed by atoms with Gasteiger partial charge in [-0.3, -0.25) is 0 Å². The Hall–Kier alpha value is -1.89. The van der Waals surface area contributed by atoms with Crippen LogP contribution in [-0.2, 0) is 0 Å². The third-order valence-electron chi connectivity index (χ3n) is 3.12. The summed E-state index contributed by atoms with van der Waals surface area (Å²) in [6.07, 6.45) is -3.17. The van der Waals surface area contributed by atoms with E-state index in [2.05, 4.69) is 0 Å². The van der Waals surface area contributed by atoms with Crippen LogP contribution in [0.2, 0.25) is 0 Å². The molecular formula is C14H16O6. The molecule has 0 unspecified atom stereocenters. The molecule has 20 heavy (non-hydrogen) atoms. The molecule has 108 valence electrons. The summed E-state index contributed by atoms with van der Waals surface area (Å²) in [5, 5.41) is 40.2. The number of hydrogen-bond acceptors (Lipinski definition) is 6. The summed E-state index contributed by atoms with van der Waals surface area (Å²) in [5.74, 6) is -0.331. The third kappa shape index (κ3) is 2.53. The molecule has 1 aromatic heterocycles. The molecule has 0 saturated carbocycles. The molecule has 0 amide bonds. The van der Waals surface area contributed by atoms with E-state index in [1.54, 1.807) is 0 Å². The van der Waals surface area contributed by atoms with Crippen molar-refractivity contribution in [2.45, 2.75) is 31.7 Å². The molecule has 0 spiro atoms. The molecule has 0 bridgehead atoms. The minimum atomic E-state index is -1.61. The van der Waals surface area contributed by atoms with Gasteiger partial charge in [0.15, 0.2) is 0 Å². The number of aliphatic hydroxyl groups is 3. The van der Waals surface area contributed by atoms with Crippen molar-refractivity contribution < 1.29 is 24.8 Å². The number of aliphatic hydroxyl groups excluding tert-OH is 2. The van der Waals surface area contributed by atoms with Crippen molar-refractivity contribution in [2.75, 3.05) is 0 Å². The van der Waals surface area contributed by atoms with Crippen molar-refractivity contribution in [1.82, 2.24) is 0 Å². The predicted octanol–water partition coefficient (Wildman–Crippen LogP) is 0.664. The summed E-state index contributed by atoms with van der Waals surface area (Å²) in [4.78, 5) is 11.3. The number of fused-ring (bicyclic) bond motifs is 1. The Morgan fingerprint density at radius 1 is 1.15 bits per heavy atom. The lowest BCUT2D eigenvalue weighted by Gasteiger charge is -2.29. The summed E-state index contributed by atoms with van der Waals surface area (Å²) in [5.41, 5.74) is -2.39. The van der Waals surface area contributed by atoms with Gasteiger partial charge in [-0.2, -0.15) is 0 Å². The fourth-order valence-corrected chi connectivity index (χ4v) is 1.97. The molecule has 6 nitrogen and oxygen atoms in total. The van der Waals surface area contributed by atoms with Crippen molar-refractivity contribution >= 4 is 11.0 Å². The van der Waals surface area contributed by atoms with Crippen LogP contribution in [0.15, 0.2) is 33.5 Å². The van der Waals surface area contributed by atoms with Crippen LogP contribution >= 0.6 is 0 Å². The Bertz CT molecular complexity index is 682. The van der Waals surface area contributed by atoms with Gasteiger partial charge in [0.1, 0.15) is 23.5 Å². The van der Waals surface area contributed by atoms with E-state index < -0.39 is 23.4 Å². The maximum Gasteiger partial charge on any atom is 0.336 e. The van der Waals surface area contributed by atoms with Crippen molar-refractivity contribution in [1.29, 1.82) is 0 Å². The number of aromatic hydroxyl groups is 1. The lowest BCUT2D eigenvalue weighted by Crippen LogP contribution is -2.40. The number of phenolic OH excluding ortho intramolecular Hbond substituents is 1. The highest BCUT2D eigenvalue weighted by molar-refractivity contribution is 5.82. The normalized spacial score (nSPS) is 15.2. The second kappa shape index (κ2) is 4.90. The van der Waals surface area contributed by atoms with Gasteiger partial charge >= 0.3 is 5.63 Å². The number of benzene rings is 1. The number of hydrogen-bond donors (Lipinski definition) is 4. The average Bonchev–Trinajstić information content (AvgIpc) is 2.35. The van der Waals surface area contributed by atoms with Gasteiger partial charge in [0.25, 0.3) is 0 Å². The fourth-order valence-electron chi connectivity index (χ4n) is 1.97. The van der Waals surface area contributed by atoms with Crippen molar-refractivity contribution in [3.05, 3.63) is 40.2 Å². The molecule has 0 aliphatic carbocycles. The quantitative estimate of drug-likeness (QED) is 0.615. The Balaban J connectivity index is 2.66. The SMILES string of the molecule is CC(C)(O)[C@H](O)[C@@H](O)c1c(O)ccc2ccc(=O)oc12. The molecule has 6 heteroatoms. The van der Waals surface area contributed by atoms with Crippen LogP contribution in [0.1, 0.15) is 25.5 Å². The summed E-state index contributed by atoms with van der Waals surface area (Å²) in [6, 6.07) is 5.52. The van der Waals surface area contributed by atoms with Gasteiger partial charge in [-0.05, 0) is 32.0 Å². The van der Waals surface area contributed by atoms with E-state index in [0.29, 0.717) is 5.39 Å². The molecule has 2 rings (SSSR count). The zero-order valence-corrected chi connectivity index (χ0v) is 11.1. The van der Waals surface area contributed by atoms with Crippen LogP contribution in [0.3, 0.4) is 0 Å². The zero-order chi connectivity index (χ0) is 15.1. The van der Waals surface area contributed by atoms with E-state index in [4.69, 9.17) is 4.42 Å². The molecule has 2 aromatic rings. The topological polar surface area (TPSA) is 111 Å². The predicted molar refractivity (Wildman–Crippen MR) is 71.4 cm³/mol. The molecule has 0 radical (unpaired) electrons. The van der Waals surface area contributed by atoms with Gasteiger partial charge in [-0.1, -0.05) is 0 Å². The molecule has 4 N–H and O–H groups in total. The van der Waals surface area contributed by atoms with E-state index in [9.17, 15) is 25.2 Å². The van der Waals surface area contributed by atoms with Gasteiger partial charge in [0, 0.05) is 11.5 Å². The zero-order valence-electron chi connectivity index (χ0n) is 11.1. The monoisotopic (exact) mass is 280 g/mol. The molecule has 1 aromatic carbocycles. The first-order valence-corrected chi connectivity index (χ1v) is 6.06. The Labute approximate surface area is 114 Å². The highest BCUT2D eigenvalue weighted by atomic mass is 16.4. The Morgan fingerprint density at radius 3 is 2.35 bits per heavy atom. The van der Waals surface area contributed by atoms with Gasteiger partial charge in [0.2, 0.25) is 0 Å². The second-order valence-corrected chi connectivity index (χ2v) is 5.21. The van der Waals surface area contributed by atoms with Gasteiger partial charge in [-0.25, -0.2) is 4.79 Å². The standard InChI is InChI=1S/C14H16O6/c1-14(2,19)13(18)11(17)10-8(15)5-3-7-4-6-9(16)20-12(7)10/h3-6,11,13,15,17-19H,1-2H3/t11-,13+/m0/s1. The van der Waals surface area contributed by atoms with Gasteiger partial charge in [-0.15, -0.1) is 0 Å². The maximum atomic E-state index is 11.3. The fraction of sp³-hybridized carbons (Fsp3) is 0.357. The summed E-state index contributed by atoms with van der Waals surface area (Å²) >= 11 is 0. The maximum absolute atomic E-state index is 11.3. The van der Waals surface area contributed by atoms with Crippen LogP contribution in [0, 0.1) is 0 Å². The molecule has 0 fully saturated rings. The van der Waals surface area contributed by atoms with E-state index in [1.165, 1.54) is 38.1 Å². The van der Waals surface area contributed by atoms with Crippen molar-refractivity contribution in [3.8, 4) is 5.75 Å². The average molecular weight is 280 g/mol. The van der Waals surface area contributed by atoms with E-state index in [-0.39, 0.29) is 16.9 Å². The molecule has 0 aliphatic rings. The molecule has 0 aliphatic heterocycles. The summed E-state index contributed by atoms with van der Waals surface area (Å²) < 4.78 is 4.99. The van der Waals surface area contributed by atoms with E-state index in [0.717, 1.165) is 0 Å². The van der Waals surface area contributed by atoms with Crippen LogP contribution in [-0.4, -0.2) is 32.1 Å². The lowest BCUT2D eigenvalue weighted by molar-refractivity contribution is -0.107. The van der Waals surface area contributed by atoms with E-state index in [1.807, 2.05) is 0 Å². The van der Waals surface area contributed by atoms with Crippen LogP contribution in [0.25, 0.3) is 11.0 Å². The minimum Gasteiger partial charge on any atom is -0.507 e. The third-order valence-corrected chi connectivity index (χ3v) is 3.12. The first-order chi connectivity index (χ1) is 9.21. The van der Waals surface area contributed by atoms with Crippen LogP contribution < -0.4 is 5.63 Å².